The third kappa shape index (κ3) is 2.21. The zero-order valence-corrected chi connectivity index (χ0v) is 13.0. The fraction of sp³-hybridized carbons (Fsp3) is 0.333. The molecule has 0 N–H and O–H groups in total. The molecule has 0 bridgehead atoms. The Hall–Kier alpha value is -1.86. The van der Waals surface area contributed by atoms with Crippen LogP contribution in [0.25, 0.3) is 0 Å². The maximum absolute atomic E-state index is 4.12. The normalized spacial score (nSPS) is 28.8. The van der Waals surface area contributed by atoms with Gasteiger partial charge in [0.2, 0.25) is 0 Å². The average molecular weight is 289 g/mol. The highest BCUT2D eigenvalue weighted by atomic mass is 15.2. The van der Waals surface area contributed by atoms with E-state index in [0.29, 0.717) is 11.5 Å². The van der Waals surface area contributed by atoms with E-state index in [-0.39, 0.29) is 0 Å². The third-order valence-electron chi connectivity index (χ3n) is 5.63. The summed E-state index contributed by atoms with van der Waals surface area (Å²) in [6.45, 7) is 6.18. The number of rotatable bonds is 6. The van der Waals surface area contributed by atoms with E-state index in [9.17, 15) is 0 Å². The zero-order valence-electron chi connectivity index (χ0n) is 13.0. The van der Waals surface area contributed by atoms with Crippen molar-refractivity contribution in [2.75, 3.05) is 0 Å². The Morgan fingerprint density at radius 3 is 1.86 bits per heavy atom. The number of hydrogen-bond acceptors (Lipinski definition) is 1. The van der Waals surface area contributed by atoms with Gasteiger partial charge in [-0.15, -0.1) is 6.58 Å². The topological polar surface area (TPSA) is 3.24 Å². The van der Waals surface area contributed by atoms with E-state index in [1.54, 1.807) is 0 Å². The summed E-state index contributed by atoms with van der Waals surface area (Å²) in [5, 5.41) is 0. The van der Waals surface area contributed by atoms with Crippen LogP contribution in [-0.4, -0.2) is 10.9 Å². The lowest BCUT2D eigenvalue weighted by Crippen LogP contribution is -2.28. The minimum Gasteiger partial charge on any atom is -0.291 e. The van der Waals surface area contributed by atoms with Crippen LogP contribution in [0.3, 0.4) is 0 Å². The van der Waals surface area contributed by atoms with E-state index in [0.717, 1.165) is 19.0 Å². The highest BCUT2D eigenvalue weighted by Crippen LogP contribution is 2.70. The molecule has 0 spiro atoms. The fourth-order valence-corrected chi connectivity index (χ4v) is 4.33. The van der Waals surface area contributed by atoms with Gasteiger partial charge in [-0.1, -0.05) is 66.7 Å². The highest BCUT2D eigenvalue weighted by Gasteiger charge is 2.70. The van der Waals surface area contributed by atoms with Gasteiger partial charge in [0.1, 0.15) is 0 Å². The number of benzene rings is 2. The van der Waals surface area contributed by atoms with Crippen LogP contribution in [0.15, 0.2) is 73.3 Å². The second kappa shape index (κ2) is 5.40. The first-order chi connectivity index (χ1) is 10.8. The van der Waals surface area contributed by atoms with E-state index in [4.69, 9.17) is 0 Å². The smallest absolute Gasteiger partial charge is 0.0240 e. The van der Waals surface area contributed by atoms with Crippen molar-refractivity contribution in [3.05, 3.63) is 84.4 Å². The van der Waals surface area contributed by atoms with Crippen LogP contribution in [-0.2, 0) is 13.1 Å². The van der Waals surface area contributed by atoms with Crippen molar-refractivity contribution >= 4 is 0 Å². The summed E-state index contributed by atoms with van der Waals surface area (Å²) < 4.78 is 0. The standard InChI is InChI=1S/C21H23N/c1-2-21-14-13-19(21)20(21)22(15-17-9-5-3-6-10-17)16-18-11-7-4-8-12-18/h2-12,19-20H,1,13-16H2/t19-,20-,21-/m0/s1. The Morgan fingerprint density at radius 2 is 1.50 bits per heavy atom. The molecule has 1 heteroatoms. The molecule has 1 nitrogen and oxygen atoms in total. The Labute approximate surface area is 133 Å². The van der Waals surface area contributed by atoms with Gasteiger partial charge in [-0.2, -0.15) is 0 Å². The first kappa shape index (κ1) is 13.8. The minimum absolute atomic E-state index is 0.420. The van der Waals surface area contributed by atoms with Crippen LogP contribution in [0.5, 0.6) is 0 Å². The number of fused-ring (bicyclic) bond motifs is 1. The Balaban J connectivity index is 1.57. The van der Waals surface area contributed by atoms with Crippen molar-refractivity contribution in [3.8, 4) is 0 Å². The van der Waals surface area contributed by atoms with E-state index in [1.807, 2.05) is 0 Å². The SMILES string of the molecule is C=C[C@]12CC[C@H]1[C@@H]2N(Cc1ccccc1)Cc1ccccc1. The molecule has 2 aromatic carbocycles. The molecule has 4 rings (SSSR count). The molecule has 112 valence electrons. The van der Waals surface area contributed by atoms with Gasteiger partial charge in [0.15, 0.2) is 0 Å². The van der Waals surface area contributed by atoms with Crippen molar-refractivity contribution in [2.24, 2.45) is 11.3 Å². The maximum atomic E-state index is 4.12. The molecule has 22 heavy (non-hydrogen) atoms. The van der Waals surface area contributed by atoms with Gasteiger partial charge in [-0.05, 0) is 29.9 Å². The zero-order chi connectivity index (χ0) is 15.0. The lowest BCUT2D eigenvalue weighted by Gasteiger charge is -2.25. The van der Waals surface area contributed by atoms with E-state index in [2.05, 4.69) is 78.2 Å². The molecule has 2 fully saturated rings. The fourth-order valence-electron chi connectivity index (χ4n) is 4.33. The minimum atomic E-state index is 0.420. The second-order valence-corrected chi connectivity index (χ2v) is 6.78. The molecule has 0 heterocycles. The summed E-state index contributed by atoms with van der Waals surface area (Å²) >= 11 is 0. The number of hydrogen-bond donors (Lipinski definition) is 0. The molecule has 2 aromatic rings. The quantitative estimate of drug-likeness (QED) is 0.699. The largest absolute Gasteiger partial charge is 0.291 e. The van der Waals surface area contributed by atoms with Crippen LogP contribution >= 0.6 is 0 Å². The summed E-state index contributed by atoms with van der Waals surface area (Å²) in [6.07, 6.45) is 4.93. The maximum Gasteiger partial charge on any atom is 0.0240 e. The molecular formula is C21H23N. The summed E-state index contributed by atoms with van der Waals surface area (Å²) in [4.78, 5) is 2.67. The Morgan fingerprint density at radius 1 is 0.955 bits per heavy atom. The summed E-state index contributed by atoms with van der Waals surface area (Å²) in [5.74, 6) is 0.845. The Bertz CT molecular complexity index is 607. The average Bonchev–Trinajstić information content (AvgIpc) is 3.03. The van der Waals surface area contributed by atoms with Crippen LogP contribution in [0.1, 0.15) is 24.0 Å². The van der Waals surface area contributed by atoms with E-state index >= 15 is 0 Å². The molecule has 2 aliphatic rings. The van der Waals surface area contributed by atoms with Crippen LogP contribution in [0.2, 0.25) is 0 Å². The van der Waals surface area contributed by atoms with E-state index < -0.39 is 0 Å². The van der Waals surface area contributed by atoms with Crippen LogP contribution in [0.4, 0.5) is 0 Å². The van der Waals surface area contributed by atoms with Gasteiger partial charge in [0, 0.05) is 24.5 Å². The van der Waals surface area contributed by atoms with Crippen molar-refractivity contribution < 1.29 is 0 Å². The molecule has 0 aliphatic heterocycles. The third-order valence-corrected chi connectivity index (χ3v) is 5.63. The van der Waals surface area contributed by atoms with Gasteiger partial charge >= 0.3 is 0 Å². The summed E-state index contributed by atoms with van der Waals surface area (Å²) in [6, 6.07) is 22.4. The predicted molar refractivity (Wildman–Crippen MR) is 91.3 cm³/mol. The number of nitrogens with zero attached hydrogens (tertiary/aromatic N) is 1. The molecule has 0 saturated heterocycles. The first-order valence-electron chi connectivity index (χ1n) is 8.29. The van der Waals surface area contributed by atoms with Gasteiger partial charge < -0.3 is 0 Å². The van der Waals surface area contributed by atoms with Crippen LogP contribution < -0.4 is 0 Å². The van der Waals surface area contributed by atoms with Gasteiger partial charge in [0.05, 0.1) is 0 Å². The summed E-state index contributed by atoms with van der Waals surface area (Å²) in [7, 11) is 0. The lowest BCUT2D eigenvalue weighted by atomic mass is 9.85. The van der Waals surface area contributed by atoms with E-state index in [1.165, 1.54) is 24.0 Å². The van der Waals surface area contributed by atoms with Crippen LogP contribution in [0, 0.1) is 11.3 Å². The van der Waals surface area contributed by atoms with Crippen molar-refractivity contribution in [1.29, 1.82) is 0 Å². The van der Waals surface area contributed by atoms with Crippen molar-refractivity contribution in [1.82, 2.24) is 4.90 Å². The molecule has 0 amide bonds. The van der Waals surface area contributed by atoms with Crippen molar-refractivity contribution in [3.63, 3.8) is 0 Å². The first-order valence-corrected chi connectivity index (χ1v) is 8.29. The molecule has 0 radical (unpaired) electrons. The second-order valence-electron chi connectivity index (χ2n) is 6.78. The molecular weight excluding hydrogens is 266 g/mol. The lowest BCUT2D eigenvalue weighted by molar-refractivity contribution is 0.224. The predicted octanol–water partition coefficient (Wildman–Crippen LogP) is 4.65. The van der Waals surface area contributed by atoms with Gasteiger partial charge in [0.25, 0.3) is 0 Å². The molecule has 2 aliphatic carbocycles. The van der Waals surface area contributed by atoms with Gasteiger partial charge in [-0.25, -0.2) is 0 Å². The molecule has 2 saturated carbocycles. The van der Waals surface area contributed by atoms with Gasteiger partial charge in [-0.3, -0.25) is 4.90 Å². The molecule has 3 atom stereocenters. The highest BCUT2D eigenvalue weighted by molar-refractivity contribution is 5.31. The van der Waals surface area contributed by atoms with Crippen molar-refractivity contribution in [2.45, 2.75) is 32.0 Å². The molecule has 0 unspecified atom stereocenters. The monoisotopic (exact) mass is 289 g/mol. The Kier molecular flexibility index (Phi) is 3.38. The summed E-state index contributed by atoms with van der Waals surface area (Å²) in [5.41, 5.74) is 3.23. The molecule has 0 aromatic heterocycles.